The number of nitriles is 1. The first-order valence-corrected chi connectivity index (χ1v) is 8.27. The Bertz CT molecular complexity index is 983. The first-order valence-electron chi connectivity index (χ1n) is 8.27. The minimum atomic E-state index is -4.53. The molecule has 2 aromatic carbocycles. The maximum absolute atomic E-state index is 13.2. The molecule has 138 valence electrons. The topological polar surface area (TPSA) is 53.6 Å². The van der Waals surface area contributed by atoms with Gasteiger partial charge in [0, 0.05) is 31.2 Å². The molecule has 0 aliphatic carbocycles. The number of anilines is 1. The van der Waals surface area contributed by atoms with Crippen LogP contribution in [0.25, 0.3) is 0 Å². The average molecular weight is 370 g/mol. The number of nitrogens with one attached hydrogen (secondary N) is 1. The van der Waals surface area contributed by atoms with Crippen molar-refractivity contribution in [3.05, 3.63) is 82.9 Å². The van der Waals surface area contributed by atoms with Crippen molar-refractivity contribution in [2.45, 2.75) is 26.2 Å². The van der Waals surface area contributed by atoms with Crippen molar-refractivity contribution in [3.8, 4) is 6.07 Å². The molecule has 3 rings (SSSR count). The van der Waals surface area contributed by atoms with Crippen LogP contribution in [0.4, 0.5) is 18.9 Å². The highest BCUT2D eigenvalue weighted by atomic mass is 19.4. The van der Waals surface area contributed by atoms with Gasteiger partial charge in [-0.2, -0.15) is 18.4 Å². The number of rotatable bonds is 5. The predicted octanol–water partition coefficient (Wildman–Crippen LogP) is 4.74. The number of nitrogens with zero attached hydrogens (tertiary/aromatic N) is 3. The molecule has 0 aliphatic rings. The number of alkyl halides is 3. The van der Waals surface area contributed by atoms with Gasteiger partial charge in [0.05, 0.1) is 17.2 Å². The van der Waals surface area contributed by atoms with E-state index in [2.05, 4.69) is 10.3 Å². The molecule has 1 N–H and O–H groups in total. The van der Waals surface area contributed by atoms with E-state index >= 15 is 0 Å². The molecule has 1 heterocycles. The highest BCUT2D eigenvalue weighted by molar-refractivity contribution is 5.56. The van der Waals surface area contributed by atoms with E-state index < -0.39 is 11.7 Å². The monoisotopic (exact) mass is 370 g/mol. The van der Waals surface area contributed by atoms with E-state index in [9.17, 15) is 13.2 Å². The lowest BCUT2D eigenvalue weighted by molar-refractivity contribution is -0.137. The molecular weight excluding hydrogens is 353 g/mol. The Hall–Kier alpha value is -3.27. The van der Waals surface area contributed by atoms with Crippen LogP contribution in [0.3, 0.4) is 0 Å². The molecule has 0 amide bonds. The van der Waals surface area contributed by atoms with E-state index in [1.54, 1.807) is 12.3 Å². The van der Waals surface area contributed by atoms with E-state index in [0.717, 1.165) is 23.0 Å². The normalized spacial score (nSPS) is 11.2. The van der Waals surface area contributed by atoms with Gasteiger partial charge in [-0.25, -0.2) is 4.98 Å². The third kappa shape index (κ3) is 4.47. The fourth-order valence-corrected chi connectivity index (χ4v) is 2.81. The molecule has 7 heteroatoms. The fraction of sp³-hybridized carbons (Fsp3) is 0.200. The molecule has 27 heavy (non-hydrogen) atoms. The Kier molecular flexibility index (Phi) is 5.17. The summed E-state index contributed by atoms with van der Waals surface area (Å²) in [5.41, 5.74) is 0.990. The highest BCUT2D eigenvalue weighted by Gasteiger charge is 2.33. The zero-order chi connectivity index (χ0) is 19.4. The number of halogens is 3. The van der Waals surface area contributed by atoms with Gasteiger partial charge < -0.3 is 9.88 Å². The van der Waals surface area contributed by atoms with Crippen LogP contribution in [0.5, 0.6) is 0 Å². The summed E-state index contributed by atoms with van der Waals surface area (Å²) in [6.45, 7) is 2.80. The Balaban J connectivity index is 1.77. The Morgan fingerprint density at radius 1 is 1.15 bits per heavy atom. The first-order chi connectivity index (χ1) is 12.9. The third-order valence-corrected chi connectivity index (χ3v) is 4.20. The van der Waals surface area contributed by atoms with E-state index in [1.165, 1.54) is 12.1 Å². The number of hydrogen-bond acceptors (Lipinski definition) is 3. The molecule has 0 unspecified atom stereocenters. The van der Waals surface area contributed by atoms with E-state index in [0.29, 0.717) is 6.54 Å². The molecule has 0 saturated carbocycles. The van der Waals surface area contributed by atoms with Gasteiger partial charge in [-0.05, 0) is 36.2 Å². The Morgan fingerprint density at radius 3 is 2.59 bits per heavy atom. The number of hydrogen-bond donors (Lipinski definition) is 1. The van der Waals surface area contributed by atoms with Crippen LogP contribution in [-0.2, 0) is 19.3 Å². The smallest absolute Gasteiger partial charge is 0.380 e. The first kappa shape index (κ1) is 18.5. The molecule has 0 spiro atoms. The molecule has 0 aliphatic heterocycles. The van der Waals surface area contributed by atoms with Gasteiger partial charge in [-0.3, -0.25) is 0 Å². The van der Waals surface area contributed by atoms with Crippen molar-refractivity contribution in [1.29, 1.82) is 5.26 Å². The van der Waals surface area contributed by atoms with E-state index in [4.69, 9.17) is 5.26 Å². The number of benzene rings is 2. The fourth-order valence-electron chi connectivity index (χ4n) is 2.81. The summed E-state index contributed by atoms with van der Waals surface area (Å²) in [5, 5.41) is 11.7. The minimum Gasteiger partial charge on any atom is -0.380 e. The maximum atomic E-state index is 13.2. The van der Waals surface area contributed by atoms with Crippen molar-refractivity contribution in [2.24, 2.45) is 0 Å². The molecule has 3 aromatic rings. The van der Waals surface area contributed by atoms with Crippen LogP contribution in [0, 0.1) is 18.3 Å². The van der Waals surface area contributed by atoms with Crippen LogP contribution in [0.1, 0.15) is 28.1 Å². The predicted molar refractivity (Wildman–Crippen MR) is 96.0 cm³/mol. The lowest BCUT2D eigenvalue weighted by atomic mass is 10.1. The van der Waals surface area contributed by atoms with Crippen molar-refractivity contribution >= 4 is 5.69 Å². The third-order valence-electron chi connectivity index (χ3n) is 4.20. The van der Waals surface area contributed by atoms with Crippen molar-refractivity contribution < 1.29 is 13.2 Å². The lowest BCUT2D eigenvalue weighted by Crippen LogP contribution is -2.11. The van der Waals surface area contributed by atoms with Crippen LogP contribution in [0.2, 0.25) is 0 Å². The second-order valence-electron chi connectivity index (χ2n) is 6.15. The minimum absolute atomic E-state index is 0.0226. The Morgan fingerprint density at radius 2 is 1.93 bits per heavy atom. The SMILES string of the molecule is Cc1nccn1Cc1cccc(CNc2ccc(C#N)cc2C(F)(F)F)c1. The summed E-state index contributed by atoms with van der Waals surface area (Å²) in [5.74, 6) is 0.894. The summed E-state index contributed by atoms with van der Waals surface area (Å²) < 4.78 is 41.7. The molecule has 1 aromatic heterocycles. The van der Waals surface area contributed by atoms with E-state index in [-0.39, 0.29) is 17.8 Å². The van der Waals surface area contributed by atoms with Crippen LogP contribution in [0.15, 0.2) is 54.9 Å². The molecule has 0 fully saturated rings. The van der Waals surface area contributed by atoms with Crippen LogP contribution < -0.4 is 5.32 Å². The average Bonchev–Trinajstić information content (AvgIpc) is 3.04. The number of aromatic nitrogens is 2. The molecule has 0 atom stereocenters. The zero-order valence-electron chi connectivity index (χ0n) is 14.6. The zero-order valence-corrected chi connectivity index (χ0v) is 14.6. The van der Waals surface area contributed by atoms with Gasteiger partial charge in [0.1, 0.15) is 5.82 Å². The van der Waals surface area contributed by atoms with Crippen molar-refractivity contribution in [1.82, 2.24) is 9.55 Å². The van der Waals surface area contributed by atoms with Gasteiger partial charge >= 0.3 is 6.18 Å². The quantitative estimate of drug-likeness (QED) is 0.706. The van der Waals surface area contributed by atoms with Crippen molar-refractivity contribution in [2.75, 3.05) is 5.32 Å². The summed E-state index contributed by atoms with van der Waals surface area (Å²) in [7, 11) is 0. The molecule has 4 nitrogen and oxygen atoms in total. The van der Waals surface area contributed by atoms with Gasteiger partial charge in [0.2, 0.25) is 0 Å². The van der Waals surface area contributed by atoms with Gasteiger partial charge in [-0.1, -0.05) is 24.3 Å². The second-order valence-corrected chi connectivity index (χ2v) is 6.15. The van der Waals surface area contributed by atoms with Gasteiger partial charge in [0.15, 0.2) is 0 Å². The highest BCUT2D eigenvalue weighted by Crippen LogP contribution is 2.35. The van der Waals surface area contributed by atoms with Crippen LogP contribution >= 0.6 is 0 Å². The van der Waals surface area contributed by atoms with Gasteiger partial charge in [-0.15, -0.1) is 0 Å². The summed E-state index contributed by atoms with van der Waals surface area (Å²) >= 11 is 0. The van der Waals surface area contributed by atoms with Crippen molar-refractivity contribution in [3.63, 3.8) is 0 Å². The standard InChI is InChI=1S/C20H17F3N4/c1-14-25-7-8-27(14)13-17-4-2-3-16(9-17)12-26-19-6-5-15(11-24)10-18(19)20(21,22)23/h2-10,26H,12-13H2,1H3. The van der Waals surface area contributed by atoms with Gasteiger partial charge in [0.25, 0.3) is 0 Å². The second kappa shape index (κ2) is 7.54. The molecule has 0 radical (unpaired) electrons. The van der Waals surface area contributed by atoms with Crippen LogP contribution in [-0.4, -0.2) is 9.55 Å². The summed E-state index contributed by atoms with van der Waals surface area (Å²) in [6.07, 6.45) is -0.924. The number of aryl methyl sites for hydroxylation is 1. The van der Waals surface area contributed by atoms with E-state index in [1.807, 2.05) is 42.0 Å². The Labute approximate surface area is 154 Å². The summed E-state index contributed by atoms with van der Waals surface area (Å²) in [4.78, 5) is 4.18. The summed E-state index contributed by atoms with van der Waals surface area (Å²) in [6, 6.07) is 12.9. The molecule has 0 bridgehead atoms. The molecule has 0 saturated heterocycles. The lowest BCUT2D eigenvalue weighted by Gasteiger charge is -2.15. The maximum Gasteiger partial charge on any atom is 0.418 e. The largest absolute Gasteiger partial charge is 0.418 e. The molecular formula is C20H17F3N4. The number of imidazole rings is 1.